The number of rotatable bonds is 3. The van der Waals surface area contributed by atoms with Crippen LogP contribution in [0.1, 0.15) is 10.4 Å². The summed E-state index contributed by atoms with van der Waals surface area (Å²) in [5.74, 6) is -0.401. The molecule has 0 fully saturated rings. The van der Waals surface area contributed by atoms with Gasteiger partial charge in [-0.25, -0.2) is 4.39 Å². The summed E-state index contributed by atoms with van der Waals surface area (Å²) in [5, 5.41) is 3.13. The van der Waals surface area contributed by atoms with Gasteiger partial charge in [0.15, 0.2) is 0 Å². The molecule has 2 aromatic carbocycles. The third kappa shape index (κ3) is 3.23. The van der Waals surface area contributed by atoms with Gasteiger partial charge in [-0.15, -0.1) is 12.6 Å². The van der Waals surface area contributed by atoms with Crippen molar-refractivity contribution in [2.24, 2.45) is 0 Å². The second-order valence-corrected chi connectivity index (χ2v) is 4.88. The summed E-state index contributed by atoms with van der Waals surface area (Å²) >= 11 is 9.82. The number of thiol groups is 1. The van der Waals surface area contributed by atoms with Crippen LogP contribution < -0.4 is 10.1 Å². The van der Waals surface area contributed by atoms with E-state index in [0.717, 1.165) is 0 Å². The number of amides is 1. The number of carbonyl (C=O) groups excluding carboxylic acids is 1. The zero-order chi connectivity index (χ0) is 14.7. The van der Waals surface area contributed by atoms with E-state index in [9.17, 15) is 9.18 Å². The molecule has 0 aliphatic rings. The van der Waals surface area contributed by atoms with Crippen molar-refractivity contribution in [3.8, 4) is 5.75 Å². The highest BCUT2D eigenvalue weighted by Gasteiger charge is 2.11. The summed E-state index contributed by atoms with van der Waals surface area (Å²) in [6.07, 6.45) is 0. The highest BCUT2D eigenvalue weighted by molar-refractivity contribution is 7.80. The number of methoxy groups -OCH3 is 1. The van der Waals surface area contributed by atoms with Gasteiger partial charge in [-0.1, -0.05) is 11.6 Å². The van der Waals surface area contributed by atoms with Gasteiger partial charge >= 0.3 is 0 Å². The van der Waals surface area contributed by atoms with Crippen LogP contribution in [-0.4, -0.2) is 13.0 Å². The molecule has 3 nitrogen and oxygen atoms in total. The lowest BCUT2D eigenvalue weighted by Crippen LogP contribution is -2.12. The third-order valence-corrected chi connectivity index (χ3v) is 3.20. The number of benzene rings is 2. The maximum Gasteiger partial charge on any atom is 0.255 e. The average Bonchev–Trinajstić information content (AvgIpc) is 2.42. The minimum atomic E-state index is -0.481. The van der Waals surface area contributed by atoms with E-state index in [4.69, 9.17) is 16.3 Å². The third-order valence-electron chi connectivity index (χ3n) is 2.62. The van der Waals surface area contributed by atoms with Gasteiger partial charge in [0.05, 0.1) is 12.8 Å². The molecule has 0 radical (unpaired) electrons. The SMILES string of the molecule is COc1ccc(Cl)cc1NC(=O)c1ccc(F)c(S)c1. The van der Waals surface area contributed by atoms with Crippen LogP contribution in [-0.2, 0) is 0 Å². The summed E-state index contributed by atoms with van der Waals surface area (Å²) < 4.78 is 18.2. The Morgan fingerprint density at radius 1 is 1.30 bits per heavy atom. The number of halogens is 2. The maximum atomic E-state index is 13.1. The first-order chi connectivity index (χ1) is 9.51. The Bertz CT molecular complexity index is 664. The van der Waals surface area contributed by atoms with Gasteiger partial charge in [-0.3, -0.25) is 4.79 Å². The van der Waals surface area contributed by atoms with Crippen molar-refractivity contribution in [3.05, 3.63) is 52.8 Å². The van der Waals surface area contributed by atoms with E-state index < -0.39 is 11.7 Å². The lowest BCUT2D eigenvalue weighted by atomic mass is 10.2. The lowest BCUT2D eigenvalue weighted by Gasteiger charge is -2.11. The van der Waals surface area contributed by atoms with Crippen molar-refractivity contribution in [3.63, 3.8) is 0 Å². The molecule has 0 spiro atoms. The second-order valence-electron chi connectivity index (χ2n) is 3.96. The Hall–Kier alpha value is -1.72. The molecule has 0 aliphatic carbocycles. The number of ether oxygens (including phenoxy) is 1. The van der Waals surface area contributed by atoms with Crippen LogP contribution in [0.2, 0.25) is 5.02 Å². The molecule has 0 heterocycles. The summed E-state index contributed by atoms with van der Waals surface area (Å²) in [5.41, 5.74) is 0.730. The molecule has 0 saturated carbocycles. The lowest BCUT2D eigenvalue weighted by molar-refractivity contribution is 0.102. The molecule has 0 saturated heterocycles. The summed E-state index contributed by atoms with van der Waals surface area (Å²) in [6, 6.07) is 8.79. The Morgan fingerprint density at radius 3 is 2.70 bits per heavy atom. The first kappa shape index (κ1) is 14.7. The van der Waals surface area contributed by atoms with Crippen LogP contribution in [0.3, 0.4) is 0 Å². The van der Waals surface area contributed by atoms with Gasteiger partial charge in [0, 0.05) is 15.5 Å². The van der Waals surface area contributed by atoms with Crippen LogP contribution in [0.25, 0.3) is 0 Å². The predicted octanol–water partition coefficient (Wildman–Crippen LogP) is 4.03. The van der Waals surface area contributed by atoms with Crippen LogP contribution in [0.4, 0.5) is 10.1 Å². The first-order valence-corrected chi connectivity index (χ1v) is 6.47. The minimum absolute atomic E-state index is 0.107. The van der Waals surface area contributed by atoms with Gasteiger partial charge in [0.2, 0.25) is 0 Å². The standard InChI is InChI=1S/C14H11ClFNO2S/c1-19-12-5-3-9(15)7-11(12)17-14(18)8-2-4-10(16)13(20)6-8/h2-7,20H,1H3,(H,17,18). The Morgan fingerprint density at radius 2 is 2.05 bits per heavy atom. The molecule has 0 unspecified atom stereocenters. The predicted molar refractivity (Wildman–Crippen MR) is 79.6 cm³/mol. The number of carbonyl (C=O) groups is 1. The molecule has 6 heteroatoms. The zero-order valence-corrected chi connectivity index (χ0v) is 12.1. The van der Waals surface area contributed by atoms with E-state index >= 15 is 0 Å². The van der Waals surface area contributed by atoms with Crippen molar-refractivity contribution in [2.45, 2.75) is 4.90 Å². The van der Waals surface area contributed by atoms with E-state index in [1.165, 1.54) is 25.3 Å². The van der Waals surface area contributed by atoms with Crippen molar-refractivity contribution in [2.75, 3.05) is 12.4 Å². The van der Waals surface area contributed by atoms with Crippen LogP contribution >= 0.6 is 24.2 Å². The van der Waals surface area contributed by atoms with Crippen molar-refractivity contribution >= 4 is 35.8 Å². The Balaban J connectivity index is 2.27. The zero-order valence-electron chi connectivity index (χ0n) is 10.5. The molecule has 20 heavy (non-hydrogen) atoms. The smallest absolute Gasteiger partial charge is 0.255 e. The Kier molecular flexibility index (Phi) is 4.52. The largest absolute Gasteiger partial charge is 0.495 e. The fourth-order valence-electron chi connectivity index (χ4n) is 1.63. The van der Waals surface area contributed by atoms with Crippen molar-refractivity contribution in [1.29, 1.82) is 0 Å². The second kappa shape index (κ2) is 6.15. The molecule has 0 atom stereocenters. The van der Waals surface area contributed by atoms with E-state index in [1.54, 1.807) is 18.2 Å². The molecular weight excluding hydrogens is 301 g/mol. The summed E-state index contributed by atoms with van der Waals surface area (Å²) in [4.78, 5) is 12.2. The summed E-state index contributed by atoms with van der Waals surface area (Å²) in [6.45, 7) is 0. The van der Waals surface area contributed by atoms with Gasteiger partial charge in [0.25, 0.3) is 5.91 Å². The van der Waals surface area contributed by atoms with Crippen LogP contribution in [0, 0.1) is 5.82 Å². The van der Waals surface area contributed by atoms with Gasteiger partial charge in [-0.05, 0) is 36.4 Å². The molecule has 1 N–H and O–H groups in total. The average molecular weight is 312 g/mol. The molecule has 0 bridgehead atoms. The van der Waals surface area contributed by atoms with Gasteiger partial charge in [0.1, 0.15) is 11.6 Å². The highest BCUT2D eigenvalue weighted by atomic mass is 35.5. The van der Waals surface area contributed by atoms with E-state index in [0.29, 0.717) is 22.0 Å². The molecular formula is C14H11ClFNO2S. The maximum absolute atomic E-state index is 13.1. The van der Waals surface area contributed by atoms with Crippen LogP contribution in [0.5, 0.6) is 5.75 Å². The van der Waals surface area contributed by atoms with Crippen molar-refractivity contribution < 1.29 is 13.9 Å². The molecule has 0 aromatic heterocycles. The normalized spacial score (nSPS) is 10.2. The molecule has 2 rings (SSSR count). The number of anilines is 1. The van der Waals surface area contributed by atoms with Gasteiger partial charge < -0.3 is 10.1 Å². The van der Waals surface area contributed by atoms with E-state index in [-0.39, 0.29) is 4.90 Å². The number of hydrogen-bond donors (Lipinski definition) is 2. The van der Waals surface area contributed by atoms with Gasteiger partial charge in [-0.2, -0.15) is 0 Å². The fraction of sp³-hybridized carbons (Fsp3) is 0.0714. The fourth-order valence-corrected chi connectivity index (χ4v) is 2.01. The molecule has 0 aliphatic heterocycles. The van der Waals surface area contributed by atoms with Crippen LogP contribution in [0.15, 0.2) is 41.3 Å². The van der Waals surface area contributed by atoms with E-state index in [1.807, 2.05) is 0 Å². The first-order valence-electron chi connectivity index (χ1n) is 5.64. The monoisotopic (exact) mass is 311 g/mol. The van der Waals surface area contributed by atoms with E-state index in [2.05, 4.69) is 17.9 Å². The quantitative estimate of drug-likeness (QED) is 0.840. The molecule has 104 valence electrons. The molecule has 2 aromatic rings. The minimum Gasteiger partial charge on any atom is -0.495 e. The number of nitrogens with one attached hydrogen (secondary N) is 1. The molecule has 1 amide bonds. The summed E-state index contributed by atoms with van der Waals surface area (Å²) in [7, 11) is 1.49. The van der Waals surface area contributed by atoms with Crippen molar-refractivity contribution in [1.82, 2.24) is 0 Å². The number of hydrogen-bond acceptors (Lipinski definition) is 3. The highest BCUT2D eigenvalue weighted by Crippen LogP contribution is 2.28. The Labute approximate surface area is 126 Å². The topological polar surface area (TPSA) is 38.3 Å².